The van der Waals surface area contributed by atoms with E-state index in [-0.39, 0.29) is 18.0 Å². The van der Waals surface area contributed by atoms with Crippen molar-refractivity contribution < 1.29 is 9.53 Å². The number of amides is 1. The monoisotopic (exact) mass is 550 g/mol. The van der Waals surface area contributed by atoms with Gasteiger partial charge in [-0.15, -0.1) is 0 Å². The lowest BCUT2D eigenvalue weighted by atomic mass is 10.2. The lowest BCUT2D eigenvalue weighted by molar-refractivity contribution is -0.123. The average molecular weight is 552 g/mol. The molecule has 0 spiro atoms. The summed E-state index contributed by atoms with van der Waals surface area (Å²) in [6.45, 7) is 8.51. The number of thioether (sulfide) groups is 1. The molecule has 1 aliphatic rings. The molecule has 2 aromatic rings. The third-order valence-corrected chi connectivity index (χ3v) is 6.44. The highest BCUT2D eigenvalue weighted by atomic mass is 79.9. The van der Waals surface area contributed by atoms with Crippen molar-refractivity contribution in [2.75, 3.05) is 0 Å². The molecule has 1 saturated heterocycles. The van der Waals surface area contributed by atoms with E-state index in [0.29, 0.717) is 11.5 Å². The molecule has 158 valence electrons. The van der Waals surface area contributed by atoms with E-state index in [1.165, 1.54) is 11.8 Å². The van der Waals surface area contributed by atoms with Crippen LogP contribution in [0, 0.1) is 0 Å². The van der Waals surface area contributed by atoms with E-state index in [9.17, 15) is 4.79 Å². The van der Waals surface area contributed by atoms with Crippen LogP contribution in [0.1, 0.15) is 38.8 Å². The summed E-state index contributed by atoms with van der Waals surface area (Å²) in [5, 5.41) is 0.761. The normalized spacial score (nSPS) is 17.1. The minimum absolute atomic E-state index is 0.00829. The summed E-state index contributed by atoms with van der Waals surface area (Å²) in [5.74, 6) is 0.725. The van der Waals surface area contributed by atoms with Crippen molar-refractivity contribution in [2.45, 2.75) is 46.4 Å². The Labute approximate surface area is 199 Å². The molecule has 1 heterocycles. The summed E-state index contributed by atoms with van der Waals surface area (Å²) in [7, 11) is 0. The van der Waals surface area contributed by atoms with Gasteiger partial charge in [-0.25, -0.2) is 0 Å². The third-order valence-electron chi connectivity index (χ3n) is 4.27. The fourth-order valence-corrected chi connectivity index (χ4v) is 5.62. The maximum absolute atomic E-state index is 12.9. The van der Waals surface area contributed by atoms with Crippen LogP contribution in [0.5, 0.6) is 5.75 Å². The Morgan fingerprint density at radius 2 is 1.73 bits per heavy atom. The van der Waals surface area contributed by atoms with Gasteiger partial charge < -0.3 is 4.74 Å². The van der Waals surface area contributed by atoms with E-state index >= 15 is 0 Å². The lowest BCUT2D eigenvalue weighted by Crippen LogP contribution is -2.35. The molecule has 3 rings (SSSR count). The van der Waals surface area contributed by atoms with Crippen molar-refractivity contribution in [3.8, 4) is 5.75 Å². The topological polar surface area (TPSA) is 41.9 Å². The Balaban J connectivity index is 1.84. The van der Waals surface area contributed by atoms with Gasteiger partial charge in [0.1, 0.15) is 12.4 Å². The quantitative estimate of drug-likeness (QED) is 0.367. The van der Waals surface area contributed by atoms with Gasteiger partial charge in [0.2, 0.25) is 0 Å². The number of halogens is 2. The van der Waals surface area contributed by atoms with E-state index in [0.717, 1.165) is 31.0 Å². The molecule has 1 amide bonds. The number of rotatable bonds is 6. The number of ether oxygens (including phenoxy) is 1. The molecule has 1 aliphatic heterocycles. The van der Waals surface area contributed by atoms with Crippen LogP contribution in [0.4, 0.5) is 0 Å². The van der Waals surface area contributed by atoms with Crippen LogP contribution < -0.4 is 4.74 Å². The second-order valence-corrected chi connectivity index (χ2v) is 10.2. The van der Waals surface area contributed by atoms with E-state index in [1.54, 1.807) is 4.90 Å². The fourth-order valence-electron chi connectivity index (χ4n) is 2.93. The van der Waals surface area contributed by atoms with Crippen molar-refractivity contribution in [2.24, 2.45) is 4.99 Å². The van der Waals surface area contributed by atoms with E-state index in [2.05, 4.69) is 36.9 Å². The Morgan fingerprint density at radius 3 is 2.30 bits per heavy atom. The summed E-state index contributed by atoms with van der Waals surface area (Å²) in [5.41, 5.74) is 2.01. The van der Waals surface area contributed by atoms with E-state index in [1.807, 2.05) is 76.2 Å². The molecule has 2 aromatic carbocycles. The van der Waals surface area contributed by atoms with Crippen LogP contribution >= 0.6 is 43.6 Å². The number of amidine groups is 1. The second-order valence-electron chi connectivity index (χ2n) is 7.47. The molecule has 0 aromatic heterocycles. The summed E-state index contributed by atoms with van der Waals surface area (Å²) in [6.07, 6.45) is 1.90. The first kappa shape index (κ1) is 23.1. The van der Waals surface area contributed by atoms with Gasteiger partial charge in [-0.05, 0) is 101 Å². The maximum Gasteiger partial charge on any atom is 0.266 e. The number of carbonyl (C=O) groups excluding carboxylic acids is 1. The van der Waals surface area contributed by atoms with Crippen LogP contribution in [0.2, 0.25) is 0 Å². The molecular formula is C23H24Br2N2O2S. The highest BCUT2D eigenvalue weighted by molar-refractivity contribution is 9.11. The van der Waals surface area contributed by atoms with Crippen LogP contribution in [-0.4, -0.2) is 28.1 Å². The zero-order valence-corrected chi connectivity index (χ0v) is 21.3. The van der Waals surface area contributed by atoms with Gasteiger partial charge in [0, 0.05) is 12.1 Å². The number of hydrogen-bond donors (Lipinski definition) is 0. The first-order chi connectivity index (χ1) is 14.3. The average Bonchev–Trinajstić information content (AvgIpc) is 2.96. The predicted octanol–water partition coefficient (Wildman–Crippen LogP) is 6.88. The third kappa shape index (κ3) is 5.56. The SMILES string of the molecule is CC(C)N=C1S/C(=C/c2cc(Br)c(OCc3ccccc3)c(Br)c2)C(=O)N1C(C)C. The molecule has 0 unspecified atom stereocenters. The zero-order chi connectivity index (χ0) is 21.8. The Kier molecular flexibility index (Phi) is 7.82. The molecular weight excluding hydrogens is 528 g/mol. The van der Waals surface area contributed by atoms with Crippen molar-refractivity contribution >= 4 is 60.8 Å². The Bertz CT molecular complexity index is 965. The summed E-state index contributed by atoms with van der Waals surface area (Å²) in [6, 6.07) is 14.1. The number of benzene rings is 2. The standard InChI is InChI=1S/C23H24Br2N2O2S/c1-14(2)26-23-27(15(3)4)22(28)20(30-23)12-17-10-18(24)21(19(25)11-17)29-13-16-8-6-5-7-9-16/h5-12,14-15H,13H2,1-4H3/b20-12+,26-23?. The van der Waals surface area contributed by atoms with Crippen molar-refractivity contribution in [1.29, 1.82) is 0 Å². The summed E-state index contributed by atoms with van der Waals surface area (Å²) >= 11 is 8.64. The predicted molar refractivity (Wildman–Crippen MR) is 133 cm³/mol. The van der Waals surface area contributed by atoms with Crippen molar-refractivity contribution in [1.82, 2.24) is 4.90 Å². The molecule has 0 N–H and O–H groups in total. The van der Waals surface area contributed by atoms with Gasteiger partial charge in [-0.2, -0.15) is 0 Å². The van der Waals surface area contributed by atoms with Crippen LogP contribution in [0.15, 0.2) is 61.3 Å². The highest BCUT2D eigenvalue weighted by Gasteiger charge is 2.35. The highest BCUT2D eigenvalue weighted by Crippen LogP contribution is 2.38. The van der Waals surface area contributed by atoms with E-state index in [4.69, 9.17) is 4.74 Å². The number of hydrogen-bond acceptors (Lipinski definition) is 4. The fraction of sp³-hybridized carbons (Fsp3) is 0.304. The minimum atomic E-state index is -0.00829. The zero-order valence-electron chi connectivity index (χ0n) is 17.4. The second kappa shape index (κ2) is 10.2. The first-order valence-corrected chi connectivity index (χ1v) is 12.1. The maximum atomic E-state index is 12.9. The van der Waals surface area contributed by atoms with Gasteiger partial charge in [0.05, 0.1) is 13.9 Å². The van der Waals surface area contributed by atoms with Crippen molar-refractivity contribution in [3.63, 3.8) is 0 Å². The van der Waals surface area contributed by atoms with Crippen LogP contribution in [0.3, 0.4) is 0 Å². The first-order valence-electron chi connectivity index (χ1n) is 9.73. The largest absolute Gasteiger partial charge is 0.487 e. The molecule has 4 nitrogen and oxygen atoms in total. The smallest absolute Gasteiger partial charge is 0.266 e. The number of carbonyl (C=O) groups is 1. The van der Waals surface area contributed by atoms with E-state index < -0.39 is 0 Å². The lowest BCUT2D eigenvalue weighted by Gasteiger charge is -2.20. The molecule has 30 heavy (non-hydrogen) atoms. The Morgan fingerprint density at radius 1 is 1.10 bits per heavy atom. The van der Waals surface area contributed by atoms with Gasteiger partial charge >= 0.3 is 0 Å². The minimum Gasteiger partial charge on any atom is -0.487 e. The molecule has 0 saturated carbocycles. The number of nitrogens with zero attached hydrogens (tertiary/aromatic N) is 2. The van der Waals surface area contributed by atoms with Crippen molar-refractivity contribution in [3.05, 3.63) is 67.4 Å². The molecule has 7 heteroatoms. The van der Waals surface area contributed by atoms with Crippen LogP contribution in [-0.2, 0) is 11.4 Å². The van der Waals surface area contributed by atoms with Gasteiger partial charge in [0.25, 0.3) is 5.91 Å². The molecule has 0 bridgehead atoms. The Hall–Kier alpha value is -1.57. The molecule has 0 atom stereocenters. The molecule has 1 fully saturated rings. The van der Waals surface area contributed by atoms with Crippen LogP contribution in [0.25, 0.3) is 6.08 Å². The van der Waals surface area contributed by atoms with Gasteiger partial charge in [-0.1, -0.05) is 30.3 Å². The molecule has 0 radical (unpaired) electrons. The van der Waals surface area contributed by atoms with Gasteiger partial charge in [0.15, 0.2) is 5.17 Å². The number of aliphatic imine (C=N–C) groups is 1. The summed E-state index contributed by atoms with van der Waals surface area (Å²) < 4.78 is 7.65. The summed E-state index contributed by atoms with van der Waals surface area (Å²) in [4.78, 5) is 20.0. The van der Waals surface area contributed by atoms with Gasteiger partial charge in [-0.3, -0.25) is 14.7 Å². The molecule has 0 aliphatic carbocycles.